The third kappa shape index (κ3) is 6.72. The minimum absolute atomic E-state index is 0.0773. The van der Waals surface area contributed by atoms with Crippen LogP contribution in [0.15, 0.2) is 47.4 Å². The third-order valence-corrected chi connectivity index (χ3v) is 6.72. The molecule has 33 heavy (non-hydrogen) atoms. The minimum atomic E-state index is -0.101. The Bertz CT molecular complexity index is 1070. The van der Waals surface area contributed by atoms with Crippen LogP contribution >= 0.6 is 35.6 Å². The minimum Gasteiger partial charge on any atom is -0.493 e. The van der Waals surface area contributed by atoms with Crippen LogP contribution in [0.25, 0.3) is 6.08 Å². The number of carbonyl (C=O) groups excluding carboxylic acids is 2. The molecule has 1 saturated heterocycles. The van der Waals surface area contributed by atoms with E-state index in [9.17, 15) is 9.59 Å². The lowest BCUT2D eigenvalue weighted by Gasteiger charge is -2.14. The molecular formula is C24H25ClN2O4S2. The predicted octanol–water partition coefficient (Wildman–Crippen LogP) is 5.76. The van der Waals surface area contributed by atoms with Crippen molar-refractivity contribution < 1.29 is 19.1 Å². The largest absolute Gasteiger partial charge is 0.493 e. The van der Waals surface area contributed by atoms with Crippen molar-refractivity contribution >= 4 is 63.5 Å². The highest BCUT2D eigenvalue weighted by Crippen LogP contribution is 2.34. The highest BCUT2D eigenvalue weighted by molar-refractivity contribution is 8.26. The summed E-state index contributed by atoms with van der Waals surface area (Å²) in [6.45, 7) is 0.528. The van der Waals surface area contributed by atoms with Gasteiger partial charge in [0.2, 0.25) is 5.91 Å². The van der Waals surface area contributed by atoms with E-state index < -0.39 is 0 Å². The van der Waals surface area contributed by atoms with E-state index in [1.54, 1.807) is 43.4 Å². The van der Waals surface area contributed by atoms with Gasteiger partial charge in [-0.25, -0.2) is 0 Å². The number of hydrogen-bond acceptors (Lipinski definition) is 6. The van der Waals surface area contributed by atoms with Crippen LogP contribution < -0.4 is 14.8 Å². The molecule has 1 heterocycles. The van der Waals surface area contributed by atoms with E-state index in [0.29, 0.717) is 50.8 Å². The Morgan fingerprint density at radius 1 is 1.12 bits per heavy atom. The monoisotopic (exact) mass is 504 g/mol. The third-order valence-electron chi connectivity index (χ3n) is 5.01. The summed E-state index contributed by atoms with van der Waals surface area (Å²) in [4.78, 5) is 27.1. The number of rotatable bonds is 10. The van der Waals surface area contributed by atoms with E-state index in [4.69, 9.17) is 33.3 Å². The van der Waals surface area contributed by atoms with E-state index in [1.165, 1.54) is 11.8 Å². The first kappa shape index (κ1) is 25.1. The van der Waals surface area contributed by atoms with Crippen LogP contribution in [-0.4, -0.2) is 41.8 Å². The molecule has 9 heteroatoms. The van der Waals surface area contributed by atoms with Crippen LogP contribution in [0.4, 0.5) is 5.69 Å². The average molecular weight is 505 g/mol. The summed E-state index contributed by atoms with van der Waals surface area (Å²) in [7, 11) is 3.15. The van der Waals surface area contributed by atoms with Crippen molar-refractivity contribution in [3.63, 3.8) is 0 Å². The molecule has 6 nitrogen and oxygen atoms in total. The molecule has 2 amide bonds. The maximum atomic E-state index is 12.8. The first-order valence-electron chi connectivity index (χ1n) is 10.4. The number of carbonyl (C=O) groups is 2. The lowest BCUT2D eigenvalue weighted by molar-refractivity contribution is -0.122. The first-order chi connectivity index (χ1) is 15.9. The quantitative estimate of drug-likeness (QED) is 0.252. The average Bonchev–Trinajstić information content (AvgIpc) is 3.07. The Morgan fingerprint density at radius 2 is 1.88 bits per heavy atom. The molecule has 0 aromatic heterocycles. The number of hydrogen-bond donors (Lipinski definition) is 1. The molecule has 0 radical (unpaired) electrons. The van der Waals surface area contributed by atoms with Crippen molar-refractivity contribution in [1.29, 1.82) is 0 Å². The summed E-state index contributed by atoms with van der Waals surface area (Å²) in [5, 5.41) is 3.33. The summed E-state index contributed by atoms with van der Waals surface area (Å²) >= 11 is 12.8. The van der Waals surface area contributed by atoms with Gasteiger partial charge in [-0.1, -0.05) is 60.2 Å². The van der Waals surface area contributed by atoms with Crippen molar-refractivity contribution in [2.75, 3.05) is 26.1 Å². The molecule has 3 rings (SSSR count). The standard InChI is InChI=1S/C24H25ClN2O4S2/c1-30-19-12-11-16(14-20(19)31-2)15-21-23(29)27(24(32)33-21)13-7-3-4-10-22(28)26-18-9-6-5-8-17(18)25/h5-6,8-9,11-12,14-15H,3-4,7,10,13H2,1-2H3,(H,26,28). The normalized spacial score (nSPS) is 14.6. The Balaban J connectivity index is 1.47. The molecule has 0 atom stereocenters. The summed E-state index contributed by atoms with van der Waals surface area (Å²) in [6, 6.07) is 12.6. The number of para-hydroxylation sites is 1. The molecule has 174 valence electrons. The smallest absolute Gasteiger partial charge is 0.266 e. The van der Waals surface area contributed by atoms with Gasteiger partial charge in [0.05, 0.1) is 29.8 Å². The fraction of sp³-hybridized carbons (Fsp3) is 0.292. The van der Waals surface area contributed by atoms with Gasteiger partial charge in [-0.3, -0.25) is 14.5 Å². The number of thioether (sulfide) groups is 1. The number of methoxy groups -OCH3 is 2. The van der Waals surface area contributed by atoms with Gasteiger partial charge in [0.25, 0.3) is 5.91 Å². The molecular weight excluding hydrogens is 480 g/mol. The summed E-state index contributed by atoms with van der Waals surface area (Å²) in [5.41, 5.74) is 1.45. The van der Waals surface area contributed by atoms with Crippen LogP contribution in [0.5, 0.6) is 11.5 Å². The van der Waals surface area contributed by atoms with Crippen molar-refractivity contribution in [2.45, 2.75) is 25.7 Å². The lowest BCUT2D eigenvalue weighted by Crippen LogP contribution is -2.29. The van der Waals surface area contributed by atoms with Gasteiger partial charge < -0.3 is 14.8 Å². The zero-order valence-electron chi connectivity index (χ0n) is 18.4. The van der Waals surface area contributed by atoms with Crippen LogP contribution in [0.2, 0.25) is 5.02 Å². The van der Waals surface area contributed by atoms with Gasteiger partial charge in [0.1, 0.15) is 4.32 Å². The van der Waals surface area contributed by atoms with Gasteiger partial charge >= 0.3 is 0 Å². The van der Waals surface area contributed by atoms with Gasteiger partial charge in [-0.2, -0.15) is 0 Å². The highest BCUT2D eigenvalue weighted by atomic mass is 35.5. The zero-order chi connectivity index (χ0) is 23.8. The van der Waals surface area contributed by atoms with Gasteiger partial charge in [-0.05, 0) is 48.7 Å². The fourth-order valence-electron chi connectivity index (χ4n) is 3.29. The van der Waals surface area contributed by atoms with Crippen LogP contribution in [0, 0.1) is 0 Å². The maximum Gasteiger partial charge on any atom is 0.266 e. The second-order valence-corrected chi connectivity index (χ2v) is 9.37. The van der Waals surface area contributed by atoms with Crippen molar-refractivity contribution in [3.05, 3.63) is 58.0 Å². The van der Waals surface area contributed by atoms with Crippen molar-refractivity contribution in [1.82, 2.24) is 4.90 Å². The van der Waals surface area contributed by atoms with Crippen LogP contribution in [-0.2, 0) is 9.59 Å². The van der Waals surface area contributed by atoms with Crippen LogP contribution in [0.3, 0.4) is 0 Å². The second kappa shape index (κ2) is 12.1. The molecule has 1 fully saturated rings. The Morgan fingerprint density at radius 3 is 2.61 bits per heavy atom. The number of nitrogens with one attached hydrogen (secondary N) is 1. The number of thiocarbonyl (C=S) groups is 1. The van der Waals surface area contributed by atoms with Gasteiger partial charge in [-0.15, -0.1) is 0 Å². The van der Waals surface area contributed by atoms with E-state index in [1.807, 2.05) is 24.3 Å². The SMILES string of the molecule is COc1ccc(C=C2SC(=S)N(CCCCCC(=O)Nc3ccccc3Cl)C2=O)cc1OC. The van der Waals surface area contributed by atoms with Crippen LogP contribution in [0.1, 0.15) is 31.2 Å². The van der Waals surface area contributed by atoms with Crippen molar-refractivity contribution in [2.24, 2.45) is 0 Å². The van der Waals surface area contributed by atoms with Gasteiger partial charge in [0, 0.05) is 13.0 Å². The van der Waals surface area contributed by atoms with E-state index in [2.05, 4.69) is 5.32 Å². The molecule has 0 spiro atoms. The molecule has 0 saturated carbocycles. The predicted molar refractivity (Wildman–Crippen MR) is 138 cm³/mol. The zero-order valence-corrected chi connectivity index (χ0v) is 20.8. The molecule has 1 aliphatic heterocycles. The van der Waals surface area contributed by atoms with E-state index in [0.717, 1.165) is 18.4 Å². The Kier molecular flexibility index (Phi) is 9.17. The summed E-state index contributed by atoms with van der Waals surface area (Å²) in [5.74, 6) is 1.05. The number of unbranched alkanes of at least 4 members (excludes halogenated alkanes) is 2. The molecule has 1 aliphatic rings. The lowest BCUT2D eigenvalue weighted by atomic mass is 10.1. The topological polar surface area (TPSA) is 67.9 Å². The first-order valence-corrected chi connectivity index (χ1v) is 12.0. The number of amides is 2. The molecule has 0 unspecified atom stereocenters. The number of benzene rings is 2. The molecule has 0 aliphatic carbocycles. The number of ether oxygens (including phenoxy) is 2. The fourth-order valence-corrected chi connectivity index (χ4v) is 4.79. The van der Waals surface area contributed by atoms with E-state index in [-0.39, 0.29) is 11.8 Å². The molecule has 2 aromatic carbocycles. The second-order valence-electron chi connectivity index (χ2n) is 7.29. The Hall–Kier alpha value is -2.55. The van der Waals surface area contributed by atoms with Gasteiger partial charge in [0.15, 0.2) is 11.5 Å². The molecule has 0 bridgehead atoms. The van der Waals surface area contributed by atoms with Crippen molar-refractivity contribution in [3.8, 4) is 11.5 Å². The molecule has 2 aromatic rings. The Labute approximate surface area is 208 Å². The van der Waals surface area contributed by atoms with E-state index >= 15 is 0 Å². The number of anilines is 1. The molecule has 1 N–H and O–H groups in total. The summed E-state index contributed by atoms with van der Waals surface area (Å²) in [6.07, 6.45) is 4.48. The number of nitrogens with zero attached hydrogens (tertiary/aromatic N) is 1. The highest BCUT2D eigenvalue weighted by Gasteiger charge is 2.31. The maximum absolute atomic E-state index is 12.8. The number of halogens is 1. The summed E-state index contributed by atoms with van der Waals surface area (Å²) < 4.78 is 11.1.